The van der Waals surface area contributed by atoms with E-state index in [0.717, 1.165) is 25.5 Å². The number of hydrogen-bond acceptors (Lipinski definition) is 4. The molecule has 1 heterocycles. The van der Waals surface area contributed by atoms with Crippen LogP contribution >= 0.6 is 0 Å². The highest BCUT2D eigenvalue weighted by atomic mass is 19.1. The van der Waals surface area contributed by atoms with Crippen molar-refractivity contribution >= 4 is 11.6 Å². The first-order chi connectivity index (χ1) is 9.19. The van der Waals surface area contributed by atoms with E-state index >= 15 is 0 Å². The summed E-state index contributed by atoms with van der Waals surface area (Å²) in [5, 5.41) is 5.59. The highest BCUT2D eigenvalue weighted by molar-refractivity contribution is 5.47. The first kappa shape index (κ1) is 15.6. The maximum Gasteiger partial charge on any atom is 0.168 e. The number of aromatic nitrogens is 1. The summed E-state index contributed by atoms with van der Waals surface area (Å²) < 4.78 is 32.1. The predicted octanol–water partition coefficient (Wildman–Crippen LogP) is 3.02. The topological polar surface area (TPSA) is 46.2 Å². The van der Waals surface area contributed by atoms with Crippen LogP contribution < -0.4 is 10.6 Å². The number of rotatable bonds is 9. The molecule has 0 aromatic carbocycles. The fraction of sp³-hybridized carbons (Fsp3) is 0.615. The van der Waals surface area contributed by atoms with Crippen molar-refractivity contribution in [2.45, 2.75) is 26.7 Å². The van der Waals surface area contributed by atoms with Crippen LogP contribution in [0.2, 0.25) is 0 Å². The van der Waals surface area contributed by atoms with Gasteiger partial charge in [-0.1, -0.05) is 6.92 Å². The van der Waals surface area contributed by atoms with Gasteiger partial charge in [-0.15, -0.1) is 0 Å². The van der Waals surface area contributed by atoms with Gasteiger partial charge < -0.3 is 15.4 Å². The number of anilines is 2. The molecule has 0 aliphatic rings. The first-order valence-corrected chi connectivity index (χ1v) is 6.60. The van der Waals surface area contributed by atoms with Crippen LogP contribution in [0, 0.1) is 11.6 Å². The van der Waals surface area contributed by atoms with E-state index in [-0.39, 0.29) is 11.6 Å². The lowest BCUT2D eigenvalue weighted by Crippen LogP contribution is -2.11. The Balaban J connectivity index is 2.46. The van der Waals surface area contributed by atoms with Gasteiger partial charge in [-0.3, -0.25) is 0 Å². The van der Waals surface area contributed by atoms with Gasteiger partial charge >= 0.3 is 0 Å². The number of pyridine rings is 1. The Morgan fingerprint density at radius 1 is 1.11 bits per heavy atom. The summed E-state index contributed by atoms with van der Waals surface area (Å²) in [6.45, 7) is 6.27. The molecule has 0 unspecified atom stereocenters. The summed E-state index contributed by atoms with van der Waals surface area (Å²) in [6, 6.07) is 0.834. The Labute approximate surface area is 112 Å². The third-order valence-electron chi connectivity index (χ3n) is 2.38. The zero-order valence-electron chi connectivity index (χ0n) is 11.4. The highest BCUT2D eigenvalue weighted by Gasteiger charge is 2.10. The summed E-state index contributed by atoms with van der Waals surface area (Å²) in [5.41, 5.74) is 0. The van der Waals surface area contributed by atoms with Crippen LogP contribution in [-0.4, -0.2) is 31.3 Å². The van der Waals surface area contributed by atoms with E-state index in [4.69, 9.17) is 4.74 Å². The van der Waals surface area contributed by atoms with Crippen LogP contribution in [0.4, 0.5) is 20.4 Å². The molecule has 0 spiro atoms. The average molecular weight is 273 g/mol. The van der Waals surface area contributed by atoms with Gasteiger partial charge in [-0.25, -0.2) is 13.8 Å². The van der Waals surface area contributed by atoms with Crippen molar-refractivity contribution in [3.05, 3.63) is 17.7 Å². The molecule has 0 radical (unpaired) electrons. The van der Waals surface area contributed by atoms with Crippen molar-refractivity contribution in [1.82, 2.24) is 4.98 Å². The summed E-state index contributed by atoms with van der Waals surface area (Å²) in [7, 11) is 0. The SMILES string of the molecule is CCCOCCCNc1nc(NCC)c(F)cc1F. The predicted molar refractivity (Wildman–Crippen MR) is 72.5 cm³/mol. The number of halogens is 2. The number of nitrogens with zero attached hydrogens (tertiary/aromatic N) is 1. The largest absolute Gasteiger partial charge is 0.381 e. The van der Waals surface area contributed by atoms with Gasteiger partial charge in [0, 0.05) is 32.4 Å². The fourth-order valence-electron chi connectivity index (χ4n) is 1.51. The molecule has 0 atom stereocenters. The summed E-state index contributed by atoms with van der Waals surface area (Å²) in [6.07, 6.45) is 1.72. The standard InChI is InChI=1S/C13H21F2N3O/c1-3-7-19-8-5-6-17-13-11(15)9-10(14)12(18-13)16-4-2/h9H,3-8H2,1-2H3,(H2,16,17,18). The Morgan fingerprint density at radius 2 is 1.79 bits per heavy atom. The van der Waals surface area contributed by atoms with Crippen LogP contribution in [0.3, 0.4) is 0 Å². The quantitative estimate of drug-likeness (QED) is 0.679. The minimum atomic E-state index is -0.686. The Kier molecular flexibility index (Phi) is 7.10. The maximum atomic E-state index is 13.5. The van der Waals surface area contributed by atoms with Crippen LogP contribution in [0.5, 0.6) is 0 Å². The lowest BCUT2D eigenvalue weighted by Gasteiger charge is -2.10. The van der Waals surface area contributed by atoms with E-state index in [1.54, 1.807) is 0 Å². The van der Waals surface area contributed by atoms with Gasteiger partial charge in [0.25, 0.3) is 0 Å². The Bertz CT molecular complexity index is 388. The second-order valence-electron chi connectivity index (χ2n) is 4.07. The van der Waals surface area contributed by atoms with Gasteiger partial charge in [0.2, 0.25) is 0 Å². The minimum absolute atomic E-state index is 0.0628. The third kappa shape index (κ3) is 5.38. The van der Waals surface area contributed by atoms with Gasteiger partial charge in [0.1, 0.15) is 0 Å². The van der Waals surface area contributed by atoms with Crippen molar-refractivity contribution < 1.29 is 13.5 Å². The summed E-state index contributed by atoms with van der Waals surface area (Å²) in [5.74, 6) is -1.24. The van der Waals surface area contributed by atoms with Gasteiger partial charge in [-0.05, 0) is 19.8 Å². The number of nitrogens with one attached hydrogen (secondary N) is 2. The van der Waals surface area contributed by atoms with Gasteiger partial charge in [0.15, 0.2) is 23.3 Å². The van der Waals surface area contributed by atoms with Gasteiger partial charge in [0.05, 0.1) is 0 Å². The van der Waals surface area contributed by atoms with Crippen LogP contribution in [0.1, 0.15) is 26.7 Å². The molecule has 0 aliphatic heterocycles. The lowest BCUT2D eigenvalue weighted by molar-refractivity contribution is 0.134. The first-order valence-electron chi connectivity index (χ1n) is 6.60. The zero-order valence-corrected chi connectivity index (χ0v) is 11.4. The molecule has 19 heavy (non-hydrogen) atoms. The van der Waals surface area contributed by atoms with Crippen LogP contribution in [0.15, 0.2) is 6.07 Å². The molecule has 6 heteroatoms. The smallest absolute Gasteiger partial charge is 0.168 e. The van der Waals surface area contributed by atoms with Gasteiger partial charge in [-0.2, -0.15) is 0 Å². The minimum Gasteiger partial charge on any atom is -0.381 e. The normalized spacial score (nSPS) is 10.5. The third-order valence-corrected chi connectivity index (χ3v) is 2.38. The van der Waals surface area contributed by atoms with Crippen molar-refractivity contribution in [3.8, 4) is 0 Å². The highest BCUT2D eigenvalue weighted by Crippen LogP contribution is 2.18. The molecule has 0 saturated heterocycles. The van der Waals surface area contributed by atoms with Crippen LogP contribution in [0.25, 0.3) is 0 Å². The van der Waals surface area contributed by atoms with Crippen LogP contribution in [-0.2, 0) is 4.74 Å². The Morgan fingerprint density at radius 3 is 2.42 bits per heavy atom. The molecule has 1 aromatic heterocycles. The van der Waals surface area contributed by atoms with Crippen molar-refractivity contribution in [1.29, 1.82) is 0 Å². The molecular weight excluding hydrogens is 252 g/mol. The second-order valence-corrected chi connectivity index (χ2v) is 4.07. The second kappa shape index (κ2) is 8.63. The average Bonchev–Trinajstić information content (AvgIpc) is 2.38. The summed E-state index contributed by atoms with van der Waals surface area (Å²) in [4.78, 5) is 3.88. The molecule has 4 nitrogen and oxygen atoms in total. The molecule has 0 aliphatic carbocycles. The maximum absolute atomic E-state index is 13.5. The molecule has 0 bridgehead atoms. The molecular formula is C13H21F2N3O. The molecule has 1 rings (SSSR count). The molecule has 2 N–H and O–H groups in total. The fourth-order valence-corrected chi connectivity index (χ4v) is 1.51. The summed E-state index contributed by atoms with van der Waals surface area (Å²) >= 11 is 0. The zero-order chi connectivity index (χ0) is 14.1. The monoisotopic (exact) mass is 273 g/mol. The van der Waals surface area contributed by atoms with Crippen molar-refractivity contribution in [3.63, 3.8) is 0 Å². The number of hydrogen-bond donors (Lipinski definition) is 2. The van der Waals surface area contributed by atoms with E-state index in [2.05, 4.69) is 15.6 Å². The molecule has 108 valence electrons. The van der Waals surface area contributed by atoms with E-state index in [1.807, 2.05) is 13.8 Å². The lowest BCUT2D eigenvalue weighted by atomic mass is 10.3. The number of ether oxygens (including phenoxy) is 1. The van der Waals surface area contributed by atoms with E-state index < -0.39 is 11.6 Å². The molecule has 0 fully saturated rings. The van der Waals surface area contributed by atoms with Crippen molar-refractivity contribution in [2.24, 2.45) is 0 Å². The molecule has 1 aromatic rings. The Hall–Kier alpha value is -1.43. The van der Waals surface area contributed by atoms with E-state index in [9.17, 15) is 8.78 Å². The molecule has 0 saturated carbocycles. The molecule has 0 amide bonds. The van der Waals surface area contributed by atoms with E-state index in [1.165, 1.54) is 0 Å². The van der Waals surface area contributed by atoms with Crippen molar-refractivity contribution in [2.75, 3.05) is 36.9 Å². The van der Waals surface area contributed by atoms with E-state index in [0.29, 0.717) is 19.7 Å².